The summed E-state index contributed by atoms with van der Waals surface area (Å²) < 4.78 is 0. The summed E-state index contributed by atoms with van der Waals surface area (Å²) in [5.74, 6) is 0. The van der Waals surface area contributed by atoms with E-state index in [2.05, 4.69) is 37.5 Å². The van der Waals surface area contributed by atoms with Gasteiger partial charge in [-0.1, -0.05) is 31.9 Å². The second-order valence-corrected chi connectivity index (χ2v) is 18.0. The molecule has 1 radical (unpaired) electrons. The molecule has 0 nitrogen and oxygen atoms in total. The highest BCUT2D eigenvalue weighted by Gasteiger charge is 2.34. The van der Waals surface area contributed by atoms with Crippen molar-refractivity contribution in [3.05, 3.63) is 0 Å². The fourth-order valence-electron chi connectivity index (χ4n) is 1.71. The second kappa shape index (κ2) is 5.32. The molecule has 1 aliphatic heterocycles. The van der Waals surface area contributed by atoms with Crippen LogP contribution in [-0.4, -0.2) is 14.1 Å². The van der Waals surface area contributed by atoms with Crippen LogP contribution in [0.2, 0.25) is 30.2 Å². The van der Waals surface area contributed by atoms with Crippen molar-refractivity contribution in [2.24, 2.45) is 0 Å². The quantitative estimate of drug-likeness (QED) is 0.527. The summed E-state index contributed by atoms with van der Waals surface area (Å²) >= 11 is 7.87. The molecule has 1 heterocycles. The van der Waals surface area contributed by atoms with E-state index in [0.717, 1.165) is 0 Å². The van der Waals surface area contributed by atoms with Gasteiger partial charge in [0.25, 0.3) is 0 Å². The van der Waals surface area contributed by atoms with Crippen molar-refractivity contribution in [3.63, 3.8) is 0 Å². The van der Waals surface area contributed by atoms with Crippen LogP contribution in [0.25, 0.3) is 0 Å². The Balaban J connectivity index is 2.29. The largest absolute Gasteiger partial charge is 0.134 e. The molecule has 12 heavy (non-hydrogen) atoms. The molecule has 0 saturated carbocycles. The molecule has 0 atom stereocenters. The highest BCUT2D eigenvalue weighted by molar-refractivity contribution is 9.26. The summed E-state index contributed by atoms with van der Waals surface area (Å²) in [6.07, 6.45) is 2.81. The molecule has 0 spiro atoms. The lowest BCUT2D eigenvalue weighted by Crippen LogP contribution is -2.32. The van der Waals surface area contributed by atoms with Crippen molar-refractivity contribution in [3.8, 4) is 0 Å². The van der Waals surface area contributed by atoms with Crippen molar-refractivity contribution < 1.29 is 0 Å². The van der Waals surface area contributed by atoms with Crippen molar-refractivity contribution in [2.45, 2.75) is 50.0 Å². The number of hydrogen-bond donors (Lipinski definition) is 0. The van der Waals surface area contributed by atoms with Gasteiger partial charge in [-0.15, -0.1) is 30.6 Å². The first-order chi connectivity index (χ1) is 5.66. The maximum absolute atomic E-state index is 4.06. The van der Waals surface area contributed by atoms with Crippen molar-refractivity contribution >= 4 is 44.7 Å². The monoisotopic (exact) mass is 327 g/mol. The van der Waals surface area contributed by atoms with E-state index in [9.17, 15) is 0 Å². The van der Waals surface area contributed by atoms with E-state index in [1.54, 1.807) is 0 Å². The van der Waals surface area contributed by atoms with Gasteiger partial charge in [-0.05, 0) is 18.1 Å². The average Bonchev–Trinajstić information content (AvgIpc) is 2.08. The van der Waals surface area contributed by atoms with Gasteiger partial charge in [0.1, 0.15) is 14.1 Å². The number of rotatable bonds is 3. The maximum Gasteiger partial charge on any atom is 0.134 e. The Morgan fingerprint density at radius 2 is 1.92 bits per heavy atom. The van der Waals surface area contributed by atoms with Crippen LogP contribution in [0.1, 0.15) is 19.8 Å². The van der Waals surface area contributed by atoms with Crippen LogP contribution in [0.3, 0.4) is 0 Å². The summed E-state index contributed by atoms with van der Waals surface area (Å²) in [4.78, 5) is 0. The fourth-order valence-corrected chi connectivity index (χ4v) is 17.4. The van der Waals surface area contributed by atoms with E-state index in [1.807, 2.05) is 0 Å². The van der Waals surface area contributed by atoms with E-state index in [4.69, 9.17) is 0 Å². The van der Waals surface area contributed by atoms with E-state index >= 15 is 0 Å². The Morgan fingerprint density at radius 1 is 1.33 bits per heavy atom. The van der Waals surface area contributed by atoms with Crippen LogP contribution in [0, 0.1) is 0 Å². The predicted octanol–water partition coefficient (Wildman–Crippen LogP) is 4.53. The molecule has 1 fully saturated rings. The Hall–Kier alpha value is 1.39. The van der Waals surface area contributed by atoms with E-state index in [1.165, 1.54) is 43.1 Å². The smallest absolute Gasteiger partial charge is 0.129 e. The molecular weight excluding hydrogens is 312 g/mol. The topological polar surface area (TPSA) is 0 Å². The van der Waals surface area contributed by atoms with Crippen molar-refractivity contribution in [2.75, 3.05) is 0 Å². The normalized spacial score (nSPS) is 24.2. The molecule has 1 rings (SSSR count). The van der Waals surface area contributed by atoms with Crippen LogP contribution in [-0.2, 0) is 0 Å². The van der Waals surface area contributed by atoms with Gasteiger partial charge in [-0.2, -0.15) is 0 Å². The molecule has 0 amide bonds. The summed E-state index contributed by atoms with van der Waals surface area (Å²) in [5, 5.41) is 0. The van der Waals surface area contributed by atoms with E-state index in [-0.39, 0.29) is 7.42 Å². The first kappa shape index (κ1) is 11.5. The van der Waals surface area contributed by atoms with Gasteiger partial charge in [-0.3, -0.25) is 0 Å². The van der Waals surface area contributed by atoms with Crippen LogP contribution in [0.4, 0.5) is 0 Å². The molecule has 0 bridgehead atoms. The first-order valence-electron chi connectivity index (χ1n) is 4.85. The molecule has 0 N–H and O–H groups in total. The van der Waals surface area contributed by atoms with Crippen molar-refractivity contribution in [1.82, 2.24) is 0 Å². The second-order valence-electron chi connectivity index (χ2n) is 3.77. The van der Waals surface area contributed by atoms with Gasteiger partial charge >= 0.3 is 0 Å². The average molecular weight is 329 g/mol. The lowest BCUT2D eigenvalue weighted by molar-refractivity contribution is 0.864. The summed E-state index contributed by atoms with van der Waals surface area (Å²) in [6.45, 7) is 1.41. The molecule has 0 aliphatic carbocycles. The summed E-state index contributed by atoms with van der Waals surface area (Å²) in [7, 11) is -0.0706. The van der Waals surface area contributed by atoms with Crippen LogP contribution in [0.5, 0.6) is 0 Å². The fraction of sp³-hybridized carbons (Fsp3) is 1.00. The van der Waals surface area contributed by atoms with E-state index in [0.29, 0.717) is 0 Å². The zero-order valence-electron chi connectivity index (χ0n) is 7.71. The Bertz CT molecular complexity index is 128. The summed E-state index contributed by atoms with van der Waals surface area (Å²) in [6, 6.07) is 7.60. The molecule has 1 saturated heterocycles. The van der Waals surface area contributed by atoms with Gasteiger partial charge in [0.15, 0.2) is 0 Å². The third kappa shape index (κ3) is 3.64. The highest BCUT2D eigenvalue weighted by atomic mass is 79.9. The van der Waals surface area contributed by atoms with Gasteiger partial charge in [0.05, 0.1) is 0 Å². The Morgan fingerprint density at radius 3 is 2.42 bits per heavy atom. The first-order valence-corrected chi connectivity index (χ1v) is 13.9. The lowest BCUT2D eigenvalue weighted by atomic mass is 10.4. The molecule has 0 aromatic carbocycles. The van der Waals surface area contributed by atoms with Gasteiger partial charge < -0.3 is 0 Å². The van der Waals surface area contributed by atoms with Crippen LogP contribution >= 0.6 is 30.6 Å². The molecule has 1 aliphatic rings. The minimum atomic E-state index is -0.891. The SMILES string of the molecule is CCCC[Si]1(Br)CC[Si](Br)CC1. The Labute approximate surface area is 94.3 Å². The third-order valence-corrected chi connectivity index (χ3v) is 14.7. The predicted molar refractivity (Wildman–Crippen MR) is 68.3 cm³/mol. The lowest BCUT2D eigenvalue weighted by Gasteiger charge is -2.30. The summed E-state index contributed by atoms with van der Waals surface area (Å²) in [5.41, 5.74) is 0. The van der Waals surface area contributed by atoms with Crippen LogP contribution in [0.15, 0.2) is 0 Å². The standard InChI is InChI=1S/C8H17Br2Si2/c1-2-3-6-12(10)7-4-11(9)5-8-12/h2-8H2,1H3. The molecule has 0 unspecified atom stereocenters. The van der Waals surface area contributed by atoms with Crippen molar-refractivity contribution in [1.29, 1.82) is 0 Å². The zero-order valence-corrected chi connectivity index (χ0v) is 12.9. The van der Waals surface area contributed by atoms with Gasteiger partial charge in [-0.25, -0.2) is 0 Å². The van der Waals surface area contributed by atoms with Gasteiger partial charge in [0, 0.05) is 0 Å². The molecule has 0 aromatic heterocycles. The number of hydrogen-bond acceptors (Lipinski definition) is 0. The number of unbranched alkanes of at least 4 members (excludes halogenated alkanes) is 1. The Kier molecular flexibility index (Phi) is 5.08. The molecule has 0 aromatic rings. The van der Waals surface area contributed by atoms with E-state index < -0.39 is 6.69 Å². The minimum Gasteiger partial charge on any atom is -0.129 e. The number of halogens is 2. The molecule has 71 valence electrons. The maximum atomic E-state index is 4.06. The van der Waals surface area contributed by atoms with Crippen LogP contribution < -0.4 is 0 Å². The van der Waals surface area contributed by atoms with Gasteiger partial charge in [0.2, 0.25) is 0 Å². The third-order valence-electron chi connectivity index (χ3n) is 2.67. The highest BCUT2D eigenvalue weighted by Crippen LogP contribution is 2.39. The zero-order chi connectivity index (χ0) is 9.03. The molecule has 4 heteroatoms. The minimum absolute atomic E-state index is 0.0706. The molecular formula is C8H17Br2Si2.